The standard InChI is InChI=1S/C28H28N2O4/c31-17-19-13-15-30(16-14-19)27(32)20-9-11-21(12-10-20)29-28(33)34-18-26-24-7-3-1-5-22(24)23-6-2-4-8-25(23)26/h1-12,19,26,31H,13-18H2,(H,29,33). The van der Waals surface area contributed by atoms with Gasteiger partial charge in [-0.3, -0.25) is 10.1 Å². The second-order valence-corrected chi connectivity index (χ2v) is 8.95. The van der Waals surface area contributed by atoms with Gasteiger partial charge >= 0.3 is 6.09 Å². The fourth-order valence-corrected chi connectivity index (χ4v) is 4.95. The molecule has 1 aliphatic carbocycles. The number of hydrogen-bond acceptors (Lipinski definition) is 4. The quantitative estimate of drug-likeness (QED) is 0.573. The van der Waals surface area contributed by atoms with Crippen LogP contribution in [-0.2, 0) is 4.74 Å². The molecule has 1 saturated heterocycles. The number of fused-ring (bicyclic) bond motifs is 3. The Bertz CT molecular complexity index is 1140. The lowest BCUT2D eigenvalue weighted by molar-refractivity contribution is 0.0651. The first-order valence-corrected chi connectivity index (χ1v) is 11.8. The predicted molar refractivity (Wildman–Crippen MR) is 131 cm³/mol. The minimum Gasteiger partial charge on any atom is -0.448 e. The molecule has 3 aromatic rings. The van der Waals surface area contributed by atoms with Gasteiger partial charge in [-0.25, -0.2) is 4.79 Å². The van der Waals surface area contributed by atoms with Crippen molar-refractivity contribution in [2.24, 2.45) is 5.92 Å². The minimum atomic E-state index is -0.521. The zero-order valence-corrected chi connectivity index (χ0v) is 18.9. The number of anilines is 1. The number of nitrogens with zero attached hydrogens (tertiary/aromatic N) is 1. The predicted octanol–water partition coefficient (Wildman–Crippen LogP) is 4.89. The highest BCUT2D eigenvalue weighted by Crippen LogP contribution is 2.44. The van der Waals surface area contributed by atoms with Crippen LogP contribution in [0.25, 0.3) is 11.1 Å². The molecule has 1 heterocycles. The van der Waals surface area contributed by atoms with Gasteiger partial charge in [-0.15, -0.1) is 0 Å². The highest BCUT2D eigenvalue weighted by molar-refractivity contribution is 5.95. The van der Waals surface area contributed by atoms with Crippen molar-refractivity contribution >= 4 is 17.7 Å². The first-order valence-electron chi connectivity index (χ1n) is 11.8. The average molecular weight is 457 g/mol. The van der Waals surface area contributed by atoms with Crippen molar-refractivity contribution in [1.29, 1.82) is 0 Å². The Morgan fingerprint density at radius 2 is 1.47 bits per heavy atom. The summed E-state index contributed by atoms with van der Waals surface area (Å²) >= 11 is 0. The molecule has 0 spiro atoms. The molecule has 2 amide bonds. The molecule has 3 aromatic carbocycles. The van der Waals surface area contributed by atoms with Crippen molar-refractivity contribution in [3.05, 3.63) is 89.5 Å². The molecule has 174 valence electrons. The van der Waals surface area contributed by atoms with Crippen molar-refractivity contribution in [2.75, 3.05) is 31.6 Å². The summed E-state index contributed by atoms with van der Waals surface area (Å²) in [4.78, 5) is 27.0. The van der Waals surface area contributed by atoms with E-state index in [9.17, 15) is 14.7 Å². The van der Waals surface area contributed by atoms with Crippen molar-refractivity contribution in [3.8, 4) is 11.1 Å². The fraction of sp³-hybridized carbons (Fsp3) is 0.286. The summed E-state index contributed by atoms with van der Waals surface area (Å²) in [5.41, 5.74) is 5.87. The lowest BCUT2D eigenvalue weighted by atomic mass is 9.97. The molecule has 5 rings (SSSR count). The van der Waals surface area contributed by atoms with E-state index in [0.29, 0.717) is 24.3 Å². The summed E-state index contributed by atoms with van der Waals surface area (Å²) in [6.45, 7) is 1.74. The maximum absolute atomic E-state index is 12.7. The first kappa shape index (κ1) is 22.2. The van der Waals surface area contributed by atoms with Crippen LogP contribution in [0.4, 0.5) is 10.5 Å². The van der Waals surface area contributed by atoms with Crippen molar-refractivity contribution in [2.45, 2.75) is 18.8 Å². The summed E-state index contributed by atoms with van der Waals surface area (Å²) in [5, 5.41) is 12.0. The van der Waals surface area contributed by atoms with E-state index in [1.54, 1.807) is 24.3 Å². The molecule has 0 bridgehead atoms. The number of carbonyl (C=O) groups is 2. The maximum atomic E-state index is 12.7. The van der Waals surface area contributed by atoms with Gasteiger partial charge in [0, 0.05) is 36.9 Å². The van der Waals surface area contributed by atoms with Gasteiger partial charge in [0.25, 0.3) is 5.91 Å². The van der Waals surface area contributed by atoms with Crippen LogP contribution in [0.5, 0.6) is 0 Å². The highest BCUT2D eigenvalue weighted by atomic mass is 16.5. The SMILES string of the molecule is O=C(Nc1ccc(C(=O)N2CCC(CO)CC2)cc1)OCC1c2ccccc2-c2ccccc21. The Labute approximate surface area is 199 Å². The Kier molecular flexibility index (Phi) is 6.32. The van der Waals surface area contributed by atoms with Crippen molar-refractivity contribution in [1.82, 2.24) is 4.90 Å². The lowest BCUT2D eigenvalue weighted by Gasteiger charge is -2.31. The summed E-state index contributed by atoms with van der Waals surface area (Å²) in [5.74, 6) is 0.269. The molecule has 34 heavy (non-hydrogen) atoms. The molecule has 0 saturated carbocycles. The smallest absolute Gasteiger partial charge is 0.411 e. The van der Waals surface area contributed by atoms with Gasteiger partial charge in [0.1, 0.15) is 6.61 Å². The van der Waals surface area contributed by atoms with E-state index in [4.69, 9.17) is 4.74 Å². The van der Waals surface area contributed by atoms with E-state index in [2.05, 4.69) is 29.6 Å². The summed E-state index contributed by atoms with van der Waals surface area (Å²) in [6.07, 6.45) is 1.12. The number of piperidine rings is 1. The van der Waals surface area contributed by atoms with Crippen LogP contribution in [0.1, 0.15) is 40.2 Å². The third kappa shape index (κ3) is 4.41. The molecular weight excluding hydrogens is 428 g/mol. The summed E-state index contributed by atoms with van der Waals surface area (Å²) in [6, 6.07) is 23.3. The number of aliphatic hydroxyl groups is 1. The average Bonchev–Trinajstić information content (AvgIpc) is 3.21. The molecular formula is C28H28N2O4. The summed E-state index contributed by atoms with van der Waals surface area (Å²) < 4.78 is 5.59. The van der Waals surface area contributed by atoms with Gasteiger partial charge in [-0.05, 0) is 65.3 Å². The molecule has 2 aliphatic rings. The zero-order valence-electron chi connectivity index (χ0n) is 18.9. The van der Waals surface area contributed by atoms with E-state index >= 15 is 0 Å². The third-order valence-corrected chi connectivity index (χ3v) is 6.88. The van der Waals surface area contributed by atoms with Crippen LogP contribution >= 0.6 is 0 Å². The molecule has 1 fully saturated rings. The topological polar surface area (TPSA) is 78.9 Å². The molecule has 0 unspecified atom stereocenters. The van der Waals surface area contributed by atoms with Gasteiger partial charge in [0.15, 0.2) is 0 Å². The number of carbonyl (C=O) groups excluding carboxylic acids is 2. The van der Waals surface area contributed by atoms with Gasteiger partial charge in [-0.2, -0.15) is 0 Å². The van der Waals surface area contributed by atoms with Crippen LogP contribution < -0.4 is 5.32 Å². The molecule has 2 N–H and O–H groups in total. The molecule has 6 heteroatoms. The second kappa shape index (κ2) is 9.69. The van der Waals surface area contributed by atoms with Crippen LogP contribution in [-0.4, -0.2) is 48.3 Å². The molecule has 0 radical (unpaired) electrons. The van der Waals surface area contributed by atoms with Crippen LogP contribution in [0.3, 0.4) is 0 Å². The molecule has 6 nitrogen and oxygen atoms in total. The number of nitrogens with one attached hydrogen (secondary N) is 1. The number of aliphatic hydroxyl groups excluding tert-OH is 1. The Morgan fingerprint density at radius 3 is 2.06 bits per heavy atom. The maximum Gasteiger partial charge on any atom is 0.411 e. The number of likely N-dealkylation sites (tertiary alicyclic amines) is 1. The van der Waals surface area contributed by atoms with Gasteiger partial charge < -0.3 is 14.7 Å². The fourth-order valence-electron chi connectivity index (χ4n) is 4.95. The minimum absolute atomic E-state index is 0.00752. The number of ether oxygens (including phenoxy) is 1. The second-order valence-electron chi connectivity index (χ2n) is 8.95. The number of benzene rings is 3. The van der Waals surface area contributed by atoms with Crippen LogP contribution in [0.15, 0.2) is 72.8 Å². The zero-order chi connectivity index (χ0) is 23.5. The summed E-state index contributed by atoms with van der Waals surface area (Å²) in [7, 11) is 0. The van der Waals surface area contributed by atoms with Gasteiger partial charge in [0.2, 0.25) is 0 Å². The Hall–Kier alpha value is -3.64. The normalized spacial score (nSPS) is 15.5. The first-order chi connectivity index (χ1) is 16.6. The van der Waals surface area contributed by atoms with Gasteiger partial charge in [-0.1, -0.05) is 48.5 Å². The highest BCUT2D eigenvalue weighted by Gasteiger charge is 2.29. The number of amides is 2. The lowest BCUT2D eigenvalue weighted by Crippen LogP contribution is -2.39. The van der Waals surface area contributed by atoms with Crippen molar-refractivity contribution in [3.63, 3.8) is 0 Å². The number of rotatable bonds is 5. The number of hydrogen-bond donors (Lipinski definition) is 2. The molecule has 1 aliphatic heterocycles. The van der Waals surface area contributed by atoms with Crippen LogP contribution in [0.2, 0.25) is 0 Å². The molecule has 0 atom stereocenters. The Morgan fingerprint density at radius 1 is 0.882 bits per heavy atom. The molecule has 0 aromatic heterocycles. The van der Waals surface area contributed by atoms with Crippen molar-refractivity contribution < 1.29 is 19.4 Å². The monoisotopic (exact) mass is 456 g/mol. The van der Waals surface area contributed by atoms with E-state index in [1.807, 2.05) is 29.2 Å². The van der Waals surface area contributed by atoms with E-state index in [1.165, 1.54) is 22.3 Å². The van der Waals surface area contributed by atoms with E-state index < -0.39 is 6.09 Å². The van der Waals surface area contributed by atoms with Crippen LogP contribution in [0, 0.1) is 5.92 Å². The largest absolute Gasteiger partial charge is 0.448 e. The third-order valence-electron chi connectivity index (χ3n) is 6.88. The van der Waals surface area contributed by atoms with E-state index in [-0.39, 0.29) is 31.0 Å². The van der Waals surface area contributed by atoms with E-state index in [0.717, 1.165) is 12.8 Å². The van der Waals surface area contributed by atoms with Gasteiger partial charge in [0.05, 0.1) is 0 Å². The Balaban J connectivity index is 1.18.